The first-order chi connectivity index (χ1) is 9.54. The highest BCUT2D eigenvalue weighted by Crippen LogP contribution is 2.51. The van der Waals surface area contributed by atoms with E-state index in [0.717, 1.165) is 30.0 Å². The van der Waals surface area contributed by atoms with Gasteiger partial charge in [0.05, 0.1) is 24.8 Å². The predicted octanol–water partition coefficient (Wildman–Crippen LogP) is 2.36. The van der Waals surface area contributed by atoms with E-state index in [4.69, 9.17) is 9.84 Å². The number of carbonyl (C=O) groups is 2. The highest BCUT2D eigenvalue weighted by Gasteiger charge is 2.44. The van der Waals surface area contributed by atoms with Crippen LogP contribution in [0.15, 0.2) is 18.3 Å². The molecule has 1 heterocycles. The van der Waals surface area contributed by atoms with Crippen molar-refractivity contribution >= 4 is 23.7 Å². The molecule has 1 aromatic heterocycles. The van der Waals surface area contributed by atoms with E-state index in [2.05, 4.69) is 4.98 Å². The second kappa shape index (κ2) is 6.26. The van der Waals surface area contributed by atoms with E-state index < -0.39 is 5.97 Å². The van der Waals surface area contributed by atoms with E-state index in [1.807, 2.05) is 0 Å². The molecule has 1 aromatic rings. The molecule has 0 aromatic carbocycles. The second-order valence-corrected chi connectivity index (χ2v) is 6.07. The van der Waals surface area contributed by atoms with Crippen LogP contribution in [-0.4, -0.2) is 34.9 Å². The highest BCUT2D eigenvalue weighted by atomic mass is 32.2. The van der Waals surface area contributed by atoms with Crippen molar-refractivity contribution in [2.45, 2.75) is 25.0 Å². The van der Waals surface area contributed by atoms with Gasteiger partial charge in [0.25, 0.3) is 0 Å². The molecule has 5 nitrogen and oxygen atoms in total. The molecule has 1 fully saturated rings. The normalized spacial score (nSPS) is 15.7. The number of methoxy groups -OCH3 is 1. The van der Waals surface area contributed by atoms with Gasteiger partial charge in [0, 0.05) is 11.9 Å². The summed E-state index contributed by atoms with van der Waals surface area (Å²) in [6.07, 6.45) is 4.00. The molecule has 0 aliphatic heterocycles. The number of pyridine rings is 1. The van der Waals surface area contributed by atoms with Crippen LogP contribution >= 0.6 is 11.8 Å². The molecule has 0 radical (unpaired) electrons. The number of carbonyl (C=O) groups excluding carboxylic acids is 1. The summed E-state index contributed by atoms with van der Waals surface area (Å²) in [5.41, 5.74) is 1.16. The molecule has 2 rings (SSSR count). The number of carboxylic acid groups (broad SMARTS) is 1. The number of aromatic nitrogens is 1. The Labute approximate surface area is 121 Å². The van der Waals surface area contributed by atoms with Crippen molar-refractivity contribution in [3.63, 3.8) is 0 Å². The Morgan fingerprint density at radius 2 is 2.20 bits per heavy atom. The van der Waals surface area contributed by atoms with Crippen molar-refractivity contribution in [1.29, 1.82) is 0 Å². The topological polar surface area (TPSA) is 76.5 Å². The molecular formula is C14H17NO4S. The summed E-state index contributed by atoms with van der Waals surface area (Å²) in [6.45, 7) is 0. The number of hydrogen-bond donors (Lipinski definition) is 1. The monoisotopic (exact) mass is 295 g/mol. The van der Waals surface area contributed by atoms with E-state index in [1.54, 1.807) is 23.9 Å². The van der Waals surface area contributed by atoms with Crippen LogP contribution in [0.4, 0.5) is 0 Å². The summed E-state index contributed by atoms with van der Waals surface area (Å²) in [5, 5.41) is 8.79. The maximum absolute atomic E-state index is 11.3. The van der Waals surface area contributed by atoms with E-state index in [9.17, 15) is 9.59 Å². The number of ether oxygens (including phenoxy) is 1. The van der Waals surface area contributed by atoms with Crippen LogP contribution in [0.1, 0.15) is 35.3 Å². The summed E-state index contributed by atoms with van der Waals surface area (Å²) < 4.78 is 4.71. The number of carboxylic acids is 1. The summed E-state index contributed by atoms with van der Waals surface area (Å²) in [4.78, 5) is 26.1. The van der Waals surface area contributed by atoms with Crippen LogP contribution in [0, 0.1) is 5.41 Å². The minimum atomic E-state index is -0.966. The summed E-state index contributed by atoms with van der Waals surface area (Å²) in [7, 11) is 1.42. The molecule has 1 saturated carbocycles. The Hall–Kier alpha value is -1.56. The van der Waals surface area contributed by atoms with Crippen LogP contribution in [-0.2, 0) is 15.3 Å². The minimum absolute atomic E-state index is 0.110. The first-order valence-electron chi connectivity index (χ1n) is 6.37. The number of thioether (sulfide) groups is 1. The van der Waals surface area contributed by atoms with Crippen LogP contribution in [0.2, 0.25) is 0 Å². The molecule has 0 spiro atoms. The van der Waals surface area contributed by atoms with Gasteiger partial charge >= 0.3 is 11.9 Å². The molecular weight excluding hydrogens is 278 g/mol. The fraction of sp³-hybridized carbons (Fsp3) is 0.500. The summed E-state index contributed by atoms with van der Waals surface area (Å²) >= 11 is 1.72. The summed E-state index contributed by atoms with van der Waals surface area (Å²) in [5.74, 6) is 0.520. The van der Waals surface area contributed by atoms with Crippen LogP contribution in [0.3, 0.4) is 0 Å². The second-order valence-electron chi connectivity index (χ2n) is 5.09. The molecule has 0 unspecified atom stereocenters. The van der Waals surface area contributed by atoms with Crippen molar-refractivity contribution < 1.29 is 19.4 Å². The first-order valence-corrected chi connectivity index (χ1v) is 7.53. The zero-order chi connectivity index (χ0) is 14.6. The van der Waals surface area contributed by atoms with E-state index in [-0.39, 0.29) is 16.9 Å². The molecule has 20 heavy (non-hydrogen) atoms. The third kappa shape index (κ3) is 3.96. The third-order valence-electron chi connectivity index (χ3n) is 3.43. The van der Waals surface area contributed by atoms with Gasteiger partial charge in [-0.25, -0.2) is 4.79 Å². The van der Waals surface area contributed by atoms with Gasteiger partial charge in [-0.05, 0) is 36.1 Å². The molecule has 0 saturated heterocycles. The SMILES string of the molecule is COC(=O)CC1(CSCc2ccc(C(=O)O)cn2)CC1. The average Bonchev–Trinajstić information content (AvgIpc) is 3.19. The number of nitrogens with zero attached hydrogens (tertiary/aromatic N) is 1. The van der Waals surface area contributed by atoms with Crippen molar-refractivity contribution in [2.75, 3.05) is 12.9 Å². The Kier molecular flexibility index (Phi) is 4.65. The molecule has 1 N–H and O–H groups in total. The Morgan fingerprint density at radius 3 is 2.70 bits per heavy atom. The molecule has 1 aliphatic rings. The fourth-order valence-electron chi connectivity index (χ4n) is 1.94. The standard InChI is InChI=1S/C14H17NO4S/c1-19-12(16)6-14(4-5-14)9-20-8-11-3-2-10(7-15-11)13(17)18/h2-3,7H,4-6,8-9H2,1H3,(H,17,18). The zero-order valence-electron chi connectivity index (χ0n) is 11.3. The van der Waals surface area contributed by atoms with Crippen molar-refractivity contribution in [3.05, 3.63) is 29.6 Å². The zero-order valence-corrected chi connectivity index (χ0v) is 12.1. The third-order valence-corrected chi connectivity index (χ3v) is 4.75. The molecule has 6 heteroatoms. The number of aromatic carboxylic acids is 1. The van der Waals surface area contributed by atoms with Gasteiger partial charge in [0.1, 0.15) is 0 Å². The molecule has 0 amide bonds. The number of hydrogen-bond acceptors (Lipinski definition) is 5. The van der Waals surface area contributed by atoms with Gasteiger partial charge in [-0.2, -0.15) is 11.8 Å². The van der Waals surface area contributed by atoms with Crippen molar-refractivity contribution in [2.24, 2.45) is 5.41 Å². The largest absolute Gasteiger partial charge is 0.478 e. The van der Waals surface area contributed by atoms with Gasteiger partial charge in [-0.15, -0.1) is 0 Å². The predicted molar refractivity (Wildman–Crippen MR) is 75.7 cm³/mol. The van der Waals surface area contributed by atoms with Gasteiger partial charge < -0.3 is 9.84 Å². The lowest BCUT2D eigenvalue weighted by Gasteiger charge is -2.12. The first kappa shape index (κ1) is 14.8. The van der Waals surface area contributed by atoms with Gasteiger partial charge in [-0.1, -0.05) is 0 Å². The van der Waals surface area contributed by atoms with Gasteiger partial charge in [0.15, 0.2) is 0 Å². The molecule has 0 atom stereocenters. The Morgan fingerprint density at radius 1 is 1.45 bits per heavy atom. The van der Waals surface area contributed by atoms with E-state index >= 15 is 0 Å². The smallest absolute Gasteiger partial charge is 0.337 e. The lowest BCUT2D eigenvalue weighted by molar-refractivity contribution is -0.141. The molecule has 108 valence electrons. The number of esters is 1. The van der Waals surface area contributed by atoms with Crippen LogP contribution in [0.25, 0.3) is 0 Å². The van der Waals surface area contributed by atoms with Gasteiger partial charge in [-0.3, -0.25) is 9.78 Å². The Bertz CT molecular complexity index is 496. The lowest BCUT2D eigenvalue weighted by Crippen LogP contribution is -2.13. The lowest BCUT2D eigenvalue weighted by atomic mass is 10.1. The van der Waals surface area contributed by atoms with Crippen LogP contribution < -0.4 is 0 Å². The minimum Gasteiger partial charge on any atom is -0.478 e. The summed E-state index contributed by atoms with van der Waals surface area (Å²) in [6, 6.07) is 3.29. The van der Waals surface area contributed by atoms with E-state index in [1.165, 1.54) is 13.3 Å². The average molecular weight is 295 g/mol. The maximum Gasteiger partial charge on any atom is 0.337 e. The van der Waals surface area contributed by atoms with Crippen LogP contribution in [0.5, 0.6) is 0 Å². The van der Waals surface area contributed by atoms with Crippen molar-refractivity contribution in [3.8, 4) is 0 Å². The molecule has 1 aliphatic carbocycles. The quantitative estimate of drug-likeness (QED) is 0.778. The van der Waals surface area contributed by atoms with E-state index in [0.29, 0.717) is 6.42 Å². The van der Waals surface area contributed by atoms with Gasteiger partial charge in [0.2, 0.25) is 0 Å². The fourth-order valence-corrected chi connectivity index (χ4v) is 3.24. The highest BCUT2D eigenvalue weighted by molar-refractivity contribution is 7.98. The Balaban J connectivity index is 1.78. The number of rotatable bonds is 7. The molecule has 0 bridgehead atoms. The van der Waals surface area contributed by atoms with Crippen molar-refractivity contribution in [1.82, 2.24) is 4.98 Å². The maximum atomic E-state index is 11.3.